The lowest BCUT2D eigenvalue weighted by Gasteiger charge is -2.21. The molecule has 0 aromatic heterocycles. The molecular formula is C19H22F3N2O2+. The molecule has 1 unspecified atom stereocenters. The van der Waals surface area contributed by atoms with Gasteiger partial charge in [0.25, 0.3) is 5.91 Å². The molecule has 0 fully saturated rings. The molecular weight excluding hydrogens is 345 g/mol. The van der Waals surface area contributed by atoms with Gasteiger partial charge >= 0.3 is 6.18 Å². The molecule has 0 saturated carbocycles. The van der Waals surface area contributed by atoms with Gasteiger partial charge in [-0.05, 0) is 49.4 Å². The van der Waals surface area contributed by atoms with E-state index < -0.39 is 17.8 Å². The van der Waals surface area contributed by atoms with E-state index in [1.165, 1.54) is 12.1 Å². The fraction of sp³-hybridized carbons (Fsp3) is 0.316. The summed E-state index contributed by atoms with van der Waals surface area (Å²) in [5, 5.41) is 2.56. The zero-order valence-corrected chi connectivity index (χ0v) is 14.9. The number of amides is 1. The van der Waals surface area contributed by atoms with Crippen molar-refractivity contribution in [2.75, 3.05) is 19.5 Å². The van der Waals surface area contributed by atoms with Crippen LogP contribution in [0.2, 0.25) is 0 Å². The maximum Gasteiger partial charge on any atom is 0.416 e. The van der Waals surface area contributed by atoms with Crippen molar-refractivity contribution in [3.8, 4) is 5.75 Å². The van der Waals surface area contributed by atoms with E-state index in [1.807, 2.05) is 31.3 Å². The van der Waals surface area contributed by atoms with Gasteiger partial charge in [-0.2, -0.15) is 13.2 Å². The maximum absolute atomic E-state index is 12.8. The van der Waals surface area contributed by atoms with Crippen molar-refractivity contribution in [3.05, 3.63) is 59.7 Å². The van der Waals surface area contributed by atoms with Crippen LogP contribution in [0.1, 0.15) is 18.1 Å². The summed E-state index contributed by atoms with van der Waals surface area (Å²) in [5.41, 5.74) is 0.373. The first kappa shape index (κ1) is 19.8. The Hall–Kier alpha value is -2.54. The van der Waals surface area contributed by atoms with Crippen LogP contribution in [0.5, 0.6) is 5.75 Å². The van der Waals surface area contributed by atoms with Gasteiger partial charge in [0.1, 0.15) is 12.3 Å². The Balaban J connectivity index is 1.99. The van der Waals surface area contributed by atoms with E-state index in [2.05, 4.69) is 5.32 Å². The second kappa shape index (κ2) is 8.23. The van der Waals surface area contributed by atoms with Crippen LogP contribution in [0.4, 0.5) is 18.9 Å². The number of hydrogen-bond acceptors (Lipinski definition) is 2. The Morgan fingerprint density at radius 2 is 1.85 bits per heavy atom. The minimum Gasteiger partial charge on any atom is -0.497 e. The van der Waals surface area contributed by atoms with Gasteiger partial charge in [0.15, 0.2) is 6.04 Å². The van der Waals surface area contributed by atoms with E-state index in [4.69, 9.17) is 4.74 Å². The number of alkyl halides is 3. The van der Waals surface area contributed by atoms with E-state index in [9.17, 15) is 18.0 Å². The molecule has 0 bridgehead atoms. The predicted molar refractivity (Wildman–Crippen MR) is 93.1 cm³/mol. The molecule has 0 spiro atoms. The average molecular weight is 367 g/mol. The largest absolute Gasteiger partial charge is 0.497 e. The van der Waals surface area contributed by atoms with Gasteiger partial charge in [-0.15, -0.1) is 0 Å². The quantitative estimate of drug-likeness (QED) is 0.825. The van der Waals surface area contributed by atoms with Crippen LogP contribution in [0.25, 0.3) is 0 Å². The molecule has 2 rings (SSSR count). The minimum absolute atomic E-state index is 0.133. The zero-order chi connectivity index (χ0) is 19.3. The van der Waals surface area contributed by atoms with Gasteiger partial charge < -0.3 is 15.0 Å². The SMILES string of the molecule is COc1ccc(C[NH+](C)[C@@H](C)C(=O)Nc2cccc(C(F)(F)F)c2)cc1. The molecule has 4 nitrogen and oxygen atoms in total. The fourth-order valence-corrected chi connectivity index (χ4v) is 2.47. The van der Waals surface area contributed by atoms with E-state index >= 15 is 0 Å². The number of carbonyl (C=O) groups excluding carboxylic acids is 1. The van der Waals surface area contributed by atoms with Gasteiger partial charge in [-0.25, -0.2) is 0 Å². The zero-order valence-electron chi connectivity index (χ0n) is 14.9. The summed E-state index contributed by atoms with van der Waals surface area (Å²) >= 11 is 0. The lowest BCUT2D eigenvalue weighted by molar-refractivity contribution is -0.907. The number of carbonyl (C=O) groups is 1. The topological polar surface area (TPSA) is 42.8 Å². The molecule has 0 aliphatic heterocycles. The van der Waals surface area contributed by atoms with Crippen LogP contribution in [-0.2, 0) is 17.5 Å². The first-order valence-electron chi connectivity index (χ1n) is 8.14. The van der Waals surface area contributed by atoms with Crippen molar-refractivity contribution >= 4 is 11.6 Å². The Bertz CT molecular complexity index is 745. The molecule has 0 saturated heterocycles. The molecule has 2 N–H and O–H groups in total. The number of benzene rings is 2. The number of anilines is 1. The van der Waals surface area contributed by atoms with Gasteiger partial charge in [0.2, 0.25) is 0 Å². The average Bonchev–Trinajstić information content (AvgIpc) is 2.61. The van der Waals surface area contributed by atoms with E-state index in [1.54, 1.807) is 14.0 Å². The van der Waals surface area contributed by atoms with Gasteiger partial charge in [0, 0.05) is 11.3 Å². The number of ether oxygens (including phenoxy) is 1. The van der Waals surface area contributed by atoms with Crippen LogP contribution in [0, 0.1) is 0 Å². The Labute approximate surface area is 150 Å². The second-order valence-electron chi connectivity index (χ2n) is 6.16. The van der Waals surface area contributed by atoms with Gasteiger partial charge in [-0.3, -0.25) is 4.79 Å². The molecule has 2 aromatic carbocycles. The van der Waals surface area contributed by atoms with Gasteiger partial charge in [-0.1, -0.05) is 6.07 Å². The van der Waals surface area contributed by atoms with Crippen molar-refractivity contribution < 1.29 is 27.6 Å². The number of halogens is 3. The first-order valence-corrected chi connectivity index (χ1v) is 8.14. The highest BCUT2D eigenvalue weighted by molar-refractivity contribution is 5.93. The number of rotatable bonds is 6. The summed E-state index contributed by atoms with van der Waals surface area (Å²) in [7, 11) is 3.45. The Morgan fingerprint density at radius 1 is 1.19 bits per heavy atom. The van der Waals surface area contributed by atoms with Gasteiger partial charge in [0.05, 0.1) is 19.7 Å². The summed E-state index contributed by atoms with van der Waals surface area (Å²) in [6.45, 7) is 2.34. The second-order valence-corrected chi connectivity index (χ2v) is 6.16. The molecule has 140 valence electrons. The highest BCUT2D eigenvalue weighted by Crippen LogP contribution is 2.30. The number of nitrogens with one attached hydrogen (secondary N) is 2. The monoisotopic (exact) mass is 367 g/mol. The van der Waals surface area contributed by atoms with Crippen LogP contribution in [0.3, 0.4) is 0 Å². The highest BCUT2D eigenvalue weighted by Gasteiger charge is 2.31. The number of hydrogen-bond donors (Lipinski definition) is 2. The molecule has 0 radical (unpaired) electrons. The van der Waals surface area contributed by atoms with Crippen LogP contribution >= 0.6 is 0 Å². The molecule has 0 aliphatic rings. The molecule has 7 heteroatoms. The van der Waals surface area contributed by atoms with Crippen molar-refractivity contribution in [2.24, 2.45) is 0 Å². The third-order valence-corrected chi connectivity index (χ3v) is 4.23. The molecule has 2 aromatic rings. The summed E-state index contributed by atoms with van der Waals surface area (Å²) < 4.78 is 43.4. The smallest absolute Gasteiger partial charge is 0.416 e. The lowest BCUT2D eigenvalue weighted by atomic mass is 10.1. The summed E-state index contributed by atoms with van der Waals surface area (Å²) in [6, 6.07) is 11.7. The molecule has 0 heterocycles. The van der Waals surface area contributed by atoms with E-state index in [0.717, 1.165) is 28.3 Å². The Morgan fingerprint density at radius 3 is 2.42 bits per heavy atom. The summed E-state index contributed by atoms with van der Waals surface area (Å²) in [5.74, 6) is 0.414. The van der Waals surface area contributed by atoms with E-state index in [0.29, 0.717) is 6.54 Å². The summed E-state index contributed by atoms with van der Waals surface area (Å²) in [6.07, 6.45) is -4.44. The van der Waals surface area contributed by atoms with Crippen LogP contribution in [0.15, 0.2) is 48.5 Å². The molecule has 0 aliphatic carbocycles. The van der Waals surface area contributed by atoms with Crippen molar-refractivity contribution in [1.29, 1.82) is 0 Å². The Kier molecular flexibility index (Phi) is 6.26. The minimum atomic E-state index is -4.44. The van der Waals surface area contributed by atoms with Crippen molar-refractivity contribution in [2.45, 2.75) is 25.7 Å². The van der Waals surface area contributed by atoms with Crippen LogP contribution in [-0.4, -0.2) is 26.1 Å². The number of methoxy groups -OCH3 is 1. The predicted octanol–water partition coefficient (Wildman–Crippen LogP) is 2.76. The molecule has 1 amide bonds. The third kappa shape index (κ3) is 5.23. The molecule has 2 atom stereocenters. The van der Waals surface area contributed by atoms with E-state index in [-0.39, 0.29) is 11.6 Å². The van der Waals surface area contributed by atoms with Crippen LogP contribution < -0.4 is 15.0 Å². The molecule has 26 heavy (non-hydrogen) atoms. The fourth-order valence-electron chi connectivity index (χ4n) is 2.47. The standard InChI is InChI=1S/C19H21F3N2O2/c1-13(24(2)12-14-7-9-17(26-3)10-8-14)18(25)23-16-6-4-5-15(11-16)19(20,21)22/h4-11,13H,12H2,1-3H3,(H,23,25)/p+1/t13-/m0/s1. The number of quaternary nitrogens is 1. The lowest BCUT2D eigenvalue weighted by Crippen LogP contribution is -3.12. The summed E-state index contributed by atoms with van der Waals surface area (Å²) in [4.78, 5) is 13.3. The highest BCUT2D eigenvalue weighted by atomic mass is 19.4. The first-order chi connectivity index (χ1) is 12.2. The normalized spacial score (nSPS) is 13.8. The van der Waals surface area contributed by atoms with Crippen molar-refractivity contribution in [1.82, 2.24) is 0 Å². The number of likely N-dealkylation sites (N-methyl/N-ethyl adjacent to an activating group) is 1. The third-order valence-electron chi connectivity index (χ3n) is 4.23. The maximum atomic E-state index is 12.8. The van der Waals surface area contributed by atoms with Crippen molar-refractivity contribution in [3.63, 3.8) is 0 Å².